The van der Waals surface area contributed by atoms with E-state index >= 15 is 0 Å². The number of thiophene rings is 1. The summed E-state index contributed by atoms with van der Waals surface area (Å²) in [5.74, 6) is 1.04. The third-order valence-corrected chi connectivity index (χ3v) is 6.38. The maximum absolute atomic E-state index is 12.3. The van der Waals surface area contributed by atoms with Crippen molar-refractivity contribution < 1.29 is 4.79 Å². The van der Waals surface area contributed by atoms with Gasteiger partial charge in [-0.05, 0) is 43.2 Å². The molecule has 7 heteroatoms. The van der Waals surface area contributed by atoms with Crippen LogP contribution in [0.15, 0.2) is 53.0 Å². The first-order valence-corrected chi connectivity index (χ1v) is 10.7. The van der Waals surface area contributed by atoms with Crippen molar-refractivity contribution in [3.05, 3.63) is 59.0 Å². The Morgan fingerprint density at radius 2 is 1.89 bits per heavy atom. The first-order chi connectivity index (χ1) is 13.5. The maximum atomic E-state index is 12.3. The van der Waals surface area contributed by atoms with Crippen LogP contribution in [0, 0.1) is 13.8 Å². The van der Waals surface area contributed by atoms with Gasteiger partial charge >= 0.3 is 0 Å². The fourth-order valence-corrected chi connectivity index (χ4v) is 4.85. The van der Waals surface area contributed by atoms with E-state index in [0.717, 1.165) is 33.4 Å². The molecule has 0 unspecified atom stereocenters. The quantitative estimate of drug-likeness (QED) is 0.470. The van der Waals surface area contributed by atoms with E-state index < -0.39 is 0 Å². The van der Waals surface area contributed by atoms with E-state index in [2.05, 4.69) is 39.1 Å². The van der Waals surface area contributed by atoms with Crippen LogP contribution in [0.1, 0.15) is 11.1 Å². The van der Waals surface area contributed by atoms with E-state index in [0.29, 0.717) is 0 Å². The summed E-state index contributed by atoms with van der Waals surface area (Å²) in [5, 5.41) is 15.6. The van der Waals surface area contributed by atoms with Crippen molar-refractivity contribution in [1.82, 2.24) is 14.8 Å². The van der Waals surface area contributed by atoms with Gasteiger partial charge in [-0.3, -0.25) is 4.79 Å². The van der Waals surface area contributed by atoms with E-state index in [1.54, 1.807) is 11.3 Å². The third-order valence-electron chi connectivity index (χ3n) is 4.39. The highest BCUT2D eigenvalue weighted by molar-refractivity contribution is 7.99. The Bertz CT molecular complexity index is 1140. The van der Waals surface area contributed by atoms with E-state index in [1.165, 1.54) is 21.8 Å². The highest BCUT2D eigenvalue weighted by Gasteiger charge is 2.16. The first-order valence-electron chi connectivity index (χ1n) is 8.88. The van der Waals surface area contributed by atoms with Gasteiger partial charge in [-0.25, -0.2) is 0 Å². The number of aryl methyl sites for hydroxylation is 2. The summed E-state index contributed by atoms with van der Waals surface area (Å²) in [5.41, 5.74) is 4.15. The van der Waals surface area contributed by atoms with E-state index in [4.69, 9.17) is 0 Å². The summed E-state index contributed by atoms with van der Waals surface area (Å²) in [6, 6.07) is 14.3. The van der Waals surface area contributed by atoms with Crippen LogP contribution in [-0.2, 0) is 11.8 Å². The second kappa shape index (κ2) is 7.77. The number of aromatic nitrogens is 3. The Balaban J connectivity index is 1.47. The van der Waals surface area contributed by atoms with Crippen LogP contribution in [0.2, 0.25) is 0 Å². The Morgan fingerprint density at radius 1 is 1.14 bits per heavy atom. The fraction of sp³-hybridized carbons (Fsp3) is 0.190. The molecule has 0 spiro atoms. The first kappa shape index (κ1) is 18.7. The predicted molar refractivity (Wildman–Crippen MR) is 117 cm³/mol. The Labute approximate surface area is 171 Å². The van der Waals surface area contributed by atoms with Gasteiger partial charge in [-0.2, -0.15) is 0 Å². The number of hydrogen-bond acceptors (Lipinski definition) is 5. The second-order valence-corrected chi connectivity index (χ2v) is 8.58. The number of carbonyl (C=O) groups is 1. The largest absolute Gasteiger partial charge is 0.325 e. The smallest absolute Gasteiger partial charge is 0.234 e. The molecule has 2 aromatic carbocycles. The van der Waals surface area contributed by atoms with Crippen molar-refractivity contribution in [2.45, 2.75) is 19.0 Å². The molecule has 0 saturated heterocycles. The van der Waals surface area contributed by atoms with Crippen molar-refractivity contribution in [3.8, 4) is 11.4 Å². The standard InChI is InChI=1S/C21H20N4OS2/c1-13-8-14(2)10-15(9-13)22-19(26)12-28-21-24-23-20(25(21)3)17-11-27-18-7-5-4-6-16(17)18/h4-11H,12H2,1-3H3,(H,22,26). The molecule has 2 heterocycles. The van der Waals surface area contributed by atoms with Crippen LogP contribution in [0.25, 0.3) is 21.5 Å². The zero-order valence-electron chi connectivity index (χ0n) is 15.9. The summed E-state index contributed by atoms with van der Waals surface area (Å²) in [6.45, 7) is 4.04. The van der Waals surface area contributed by atoms with Crippen LogP contribution in [0.3, 0.4) is 0 Å². The Morgan fingerprint density at radius 3 is 2.68 bits per heavy atom. The van der Waals surface area contributed by atoms with Crippen molar-refractivity contribution in [2.24, 2.45) is 7.05 Å². The number of nitrogens with one attached hydrogen (secondary N) is 1. The van der Waals surface area contributed by atoms with E-state index in [9.17, 15) is 4.79 Å². The zero-order chi connectivity index (χ0) is 19.7. The molecular formula is C21H20N4OS2. The monoisotopic (exact) mass is 408 g/mol. The average molecular weight is 409 g/mol. The number of anilines is 1. The fourth-order valence-electron chi connectivity index (χ4n) is 3.20. The topological polar surface area (TPSA) is 59.8 Å². The summed E-state index contributed by atoms with van der Waals surface area (Å²) < 4.78 is 3.17. The maximum Gasteiger partial charge on any atom is 0.234 e. The lowest BCUT2D eigenvalue weighted by Gasteiger charge is -2.07. The molecule has 4 aromatic rings. The molecule has 1 amide bonds. The van der Waals surface area contributed by atoms with E-state index in [1.807, 2.05) is 49.7 Å². The molecule has 0 bridgehead atoms. The minimum absolute atomic E-state index is 0.0551. The summed E-state index contributed by atoms with van der Waals surface area (Å²) >= 11 is 3.08. The normalized spacial score (nSPS) is 11.1. The van der Waals surface area contributed by atoms with Crippen LogP contribution < -0.4 is 5.32 Å². The molecule has 0 radical (unpaired) electrons. The predicted octanol–water partition coefficient (Wildman–Crippen LogP) is 5.04. The average Bonchev–Trinajstić information content (AvgIpc) is 3.22. The van der Waals surface area contributed by atoms with Crippen molar-refractivity contribution in [3.63, 3.8) is 0 Å². The Kier molecular flexibility index (Phi) is 5.19. The summed E-state index contributed by atoms with van der Waals surface area (Å²) in [4.78, 5) is 12.3. The molecule has 1 N–H and O–H groups in total. The highest BCUT2D eigenvalue weighted by atomic mass is 32.2. The van der Waals surface area contributed by atoms with Crippen LogP contribution in [-0.4, -0.2) is 26.4 Å². The lowest BCUT2D eigenvalue weighted by Crippen LogP contribution is -2.14. The molecule has 142 valence electrons. The Hall–Kier alpha value is -2.64. The molecule has 0 fully saturated rings. The molecule has 0 atom stereocenters. The lowest BCUT2D eigenvalue weighted by atomic mass is 10.1. The van der Waals surface area contributed by atoms with Crippen LogP contribution in [0.5, 0.6) is 0 Å². The van der Waals surface area contributed by atoms with E-state index in [-0.39, 0.29) is 11.7 Å². The van der Waals surface area contributed by atoms with Gasteiger partial charge < -0.3 is 9.88 Å². The zero-order valence-corrected chi connectivity index (χ0v) is 17.5. The minimum atomic E-state index is -0.0551. The van der Waals surface area contributed by atoms with Crippen molar-refractivity contribution >= 4 is 44.8 Å². The number of benzene rings is 2. The van der Waals surface area contributed by atoms with Gasteiger partial charge in [0.25, 0.3) is 0 Å². The molecule has 0 aliphatic rings. The van der Waals surface area contributed by atoms with Gasteiger partial charge in [0.1, 0.15) is 0 Å². The van der Waals surface area contributed by atoms with Gasteiger partial charge in [0.15, 0.2) is 11.0 Å². The number of carbonyl (C=O) groups excluding carboxylic acids is 1. The van der Waals surface area contributed by atoms with Crippen LogP contribution >= 0.6 is 23.1 Å². The van der Waals surface area contributed by atoms with Gasteiger partial charge in [0, 0.05) is 33.8 Å². The molecule has 4 rings (SSSR count). The number of thioether (sulfide) groups is 1. The van der Waals surface area contributed by atoms with Gasteiger partial charge in [-0.1, -0.05) is 36.0 Å². The summed E-state index contributed by atoms with van der Waals surface area (Å²) in [7, 11) is 1.94. The highest BCUT2D eigenvalue weighted by Crippen LogP contribution is 2.33. The molecule has 0 saturated carbocycles. The number of nitrogens with zero attached hydrogens (tertiary/aromatic N) is 3. The van der Waals surface area contributed by atoms with Crippen molar-refractivity contribution in [2.75, 3.05) is 11.1 Å². The second-order valence-electron chi connectivity index (χ2n) is 6.72. The SMILES string of the molecule is Cc1cc(C)cc(NC(=O)CSc2nnc(-c3csc4ccccc34)n2C)c1. The number of fused-ring (bicyclic) bond motifs is 1. The molecule has 28 heavy (non-hydrogen) atoms. The molecular weight excluding hydrogens is 388 g/mol. The number of rotatable bonds is 5. The molecule has 0 aliphatic heterocycles. The number of amides is 1. The molecule has 5 nitrogen and oxygen atoms in total. The van der Waals surface area contributed by atoms with Gasteiger partial charge in [0.2, 0.25) is 5.91 Å². The lowest BCUT2D eigenvalue weighted by molar-refractivity contribution is -0.113. The van der Waals surface area contributed by atoms with Gasteiger partial charge in [-0.15, -0.1) is 21.5 Å². The van der Waals surface area contributed by atoms with Gasteiger partial charge in [0.05, 0.1) is 5.75 Å². The summed E-state index contributed by atoms with van der Waals surface area (Å²) in [6.07, 6.45) is 0. The molecule has 2 aromatic heterocycles. The number of hydrogen-bond donors (Lipinski definition) is 1. The van der Waals surface area contributed by atoms with Crippen LogP contribution in [0.4, 0.5) is 5.69 Å². The third kappa shape index (κ3) is 3.81. The molecule has 0 aliphatic carbocycles. The minimum Gasteiger partial charge on any atom is -0.325 e. The van der Waals surface area contributed by atoms with Crippen molar-refractivity contribution in [1.29, 1.82) is 0 Å².